The monoisotopic (exact) mass is 353 g/mol. The number of hydrogen-bond acceptors (Lipinski definition) is 6. The lowest BCUT2D eigenvalue weighted by Gasteiger charge is -2.04. The molecule has 0 saturated carbocycles. The predicted octanol–water partition coefficient (Wildman–Crippen LogP) is 2.73. The van der Waals surface area contributed by atoms with Crippen LogP contribution in [0.25, 0.3) is 11.5 Å². The molecule has 26 heavy (non-hydrogen) atoms. The van der Waals surface area contributed by atoms with E-state index in [2.05, 4.69) is 15.5 Å². The third-order valence-corrected chi connectivity index (χ3v) is 3.81. The zero-order valence-electron chi connectivity index (χ0n) is 14.6. The van der Waals surface area contributed by atoms with Crippen molar-refractivity contribution in [1.29, 1.82) is 0 Å². The average Bonchev–Trinajstić information content (AvgIpc) is 3.19. The Morgan fingerprint density at radius 1 is 0.962 bits per heavy atom. The van der Waals surface area contributed by atoms with E-state index in [4.69, 9.17) is 13.9 Å². The molecule has 0 aliphatic rings. The summed E-state index contributed by atoms with van der Waals surface area (Å²) in [6.07, 6.45) is 0.690. The zero-order valence-corrected chi connectivity index (χ0v) is 14.6. The van der Waals surface area contributed by atoms with Crippen molar-refractivity contribution in [2.45, 2.75) is 6.42 Å². The van der Waals surface area contributed by atoms with Gasteiger partial charge in [-0.3, -0.25) is 4.79 Å². The smallest absolute Gasteiger partial charge is 0.308 e. The van der Waals surface area contributed by atoms with E-state index in [1.165, 1.54) is 0 Å². The highest BCUT2D eigenvalue weighted by Crippen LogP contribution is 2.21. The number of nitrogens with one attached hydrogen (secondary N) is 1. The molecule has 1 amide bonds. The first-order valence-electron chi connectivity index (χ1n) is 8.08. The summed E-state index contributed by atoms with van der Waals surface area (Å²) in [5.41, 5.74) is 1.81. The third-order valence-electron chi connectivity index (χ3n) is 3.81. The second kappa shape index (κ2) is 8.15. The van der Waals surface area contributed by atoms with Crippen LogP contribution < -0.4 is 14.8 Å². The molecule has 0 aliphatic heterocycles. The number of rotatable bonds is 7. The van der Waals surface area contributed by atoms with Gasteiger partial charge in [0.25, 0.3) is 0 Å². The number of benzene rings is 2. The molecule has 7 nitrogen and oxygen atoms in total. The van der Waals surface area contributed by atoms with Crippen molar-refractivity contribution in [2.24, 2.45) is 0 Å². The maximum Gasteiger partial charge on any atom is 0.308 e. The van der Waals surface area contributed by atoms with Crippen LogP contribution in [0.3, 0.4) is 0 Å². The van der Waals surface area contributed by atoms with E-state index >= 15 is 0 Å². The van der Waals surface area contributed by atoms with Gasteiger partial charge in [0, 0.05) is 12.1 Å². The topological polar surface area (TPSA) is 86.5 Å². The standard InChI is InChI=1S/C19H19N3O4/c1-24-15-7-3-13(4-8-15)11-12-20-17(23)19-22-21-18(26-19)14-5-9-16(25-2)10-6-14/h3-10H,11-12H2,1-2H3,(H,20,23). The van der Waals surface area contributed by atoms with Crippen LogP contribution in [0, 0.1) is 0 Å². The summed E-state index contributed by atoms with van der Waals surface area (Å²) in [5, 5.41) is 10.5. The van der Waals surface area contributed by atoms with Crippen LogP contribution in [0.5, 0.6) is 11.5 Å². The van der Waals surface area contributed by atoms with Crippen molar-refractivity contribution in [2.75, 3.05) is 20.8 Å². The van der Waals surface area contributed by atoms with Gasteiger partial charge in [0.1, 0.15) is 11.5 Å². The Hall–Kier alpha value is -3.35. The van der Waals surface area contributed by atoms with Crippen molar-refractivity contribution in [3.8, 4) is 23.0 Å². The minimum absolute atomic E-state index is 0.0643. The van der Waals surface area contributed by atoms with Gasteiger partial charge < -0.3 is 19.2 Å². The van der Waals surface area contributed by atoms with Crippen LogP contribution in [0.2, 0.25) is 0 Å². The number of ether oxygens (including phenoxy) is 2. The number of amides is 1. The van der Waals surface area contributed by atoms with Crippen LogP contribution in [0.15, 0.2) is 52.9 Å². The quantitative estimate of drug-likeness (QED) is 0.703. The Balaban J connectivity index is 1.55. The molecule has 0 fully saturated rings. The number of hydrogen-bond donors (Lipinski definition) is 1. The number of methoxy groups -OCH3 is 2. The maximum atomic E-state index is 12.1. The van der Waals surface area contributed by atoms with Crippen LogP contribution in [0.4, 0.5) is 0 Å². The fourth-order valence-corrected chi connectivity index (χ4v) is 2.35. The normalized spacial score (nSPS) is 10.4. The molecule has 1 N–H and O–H groups in total. The van der Waals surface area contributed by atoms with E-state index in [0.717, 1.165) is 22.6 Å². The van der Waals surface area contributed by atoms with Gasteiger partial charge in [-0.15, -0.1) is 10.2 Å². The molecule has 2 aromatic carbocycles. The van der Waals surface area contributed by atoms with Gasteiger partial charge in [-0.2, -0.15) is 0 Å². The molecular formula is C19H19N3O4. The SMILES string of the molecule is COc1ccc(CCNC(=O)c2nnc(-c3ccc(OC)cc3)o2)cc1. The lowest BCUT2D eigenvalue weighted by Crippen LogP contribution is -2.26. The molecule has 0 aliphatic carbocycles. The van der Waals surface area contributed by atoms with Gasteiger partial charge in [0.2, 0.25) is 5.89 Å². The van der Waals surface area contributed by atoms with Crippen molar-refractivity contribution < 1.29 is 18.7 Å². The van der Waals surface area contributed by atoms with Crippen LogP contribution in [-0.4, -0.2) is 36.9 Å². The van der Waals surface area contributed by atoms with E-state index in [1.807, 2.05) is 24.3 Å². The molecule has 0 saturated heterocycles. The average molecular weight is 353 g/mol. The first-order valence-corrected chi connectivity index (χ1v) is 8.08. The molecule has 1 aromatic heterocycles. The maximum absolute atomic E-state index is 12.1. The zero-order chi connectivity index (χ0) is 18.4. The summed E-state index contributed by atoms with van der Waals surface area (Å²) in [4.78, 5) is 12.1. The van der Waals surface area contributed by atoms with Crippen LogP contribution in [0.1, 0.15) is 16.2 Å². The van der Waals surface area contributed by atoms with Gasteiger partial charge in [0.15, 0.2) is 0 Å². The van der Waals surface area contributed by atoms with Gasteiger partial charge in [-0.05, 0) is 48.4 Å². The van der Waals surface area contributed by atoms with Crippen molar-refractivity contribution in [1.82, 2.24) is 15.5 Å². The van der Waals surface area contributed by atoms with E-state index in [0.29, 0.717) is 13.0 Å². The molecule has 1 heterocycles. The number of carbonyl (C=O) groups excluding carboxylic acids is 1. The number of aromatic nitrogens is 2. The molecular weight excluding hydrogens is 334 g/mol. The Kier molecular flexibility index (Phi) is 5.48. The summed E-state index contributed by atoms with van der Waals surface area (Å²) < 4.78 is 15.7. The predicted molar refractivity (Wildman–Crippen MR) is 95.3 cm³/mol. The third kappa shape index (κ3) is 4.18. The summed E-state index contributed by atoms with van der Waals surface area (Å²) in [5.74, 6) is 1.35. The largest absolute Gasteiger partial charge is 0.497 e. The Labute approximate surface area is 151 Å². The second-order valence-electron chi connectivity index (χ2n) is 5.49. The summed E-state index contributed by atoms with van der Waals surface area (Å²) >= 11 is 0. The molecule has 0 spiro atoms. The van der Waals surface area contributed by atoms with Gasteiger partial charge in [-0.1, -0.05) is 12.1 Å². The molecule has 0 atom stereocenters. The highest BCUT2D eigenvalue weighted by molar-refractivity contribution is 5.89. The number of carbonyl (C=O) groups is 1. The molecule has 7 heteroatoms. The molecule has 3 aromatic rings. The Morgan fingerprint density at radius 2 is 1.58 bits per heavy atom. The minimum atomic E-state index is -0.397. The van der Waals surface area contributed by atoms with E-state index in [9.17, 15) is 4.79 Å². The lowest BCUT2D eigenvalue weighted by molar-refractivity contribution is 0.0920. The Morgan fingerprint density at radius 3 is 2.19 bits per heavy atom. The summed E-state index contributed by atoms with van der Waals surface area (Å²) in [7, 11) is 3.22. The first kappa shape index (κ1) is 17.5. The van der Waals surface area contributed by atoms with Crippen molar-refractivity contribution in [3.63, 3.8) is 0 Å². The highest BCUT2D eigenvalue weighted by Gasteiger charge is 2.15. The van der Waals surface area contributed by atoms with Crippen LogP contribution in [-0.2, 0) is 6.42 Å². The van der Waals surface area contributed by atoms with E-state index in [1.54, 1.807) is 38.5 Å². The van der Waals surface area contributed by atoms with Crippen LogP contribution >= 0.6 is 0 Å². The molecule has 134 valence electrons. The number of nitrogens with zero attached hydrogens (tertiary/aromatic N) is 2. The van der Waals surface area contributed by atoms with E-state index < -0.39 is 5.91 Å². The fourth-order valence-electron chi connectivity index (χ4n) is 2.35. The second-order valence-corrected chi connectivity index (χ2v) is 5.49. The molecule has 0 bridgehead atoms. The summed E-state index contributed by atoms with van der Waals surface area (Å²) in [6.45, 7) is 0.464. The van der Waals surface area contributed by atoms with Gasteiger partial charge in [0.05, 0.1) is 14.2 Å². The minimum Gasteiger partial charge on any atom is -0.497 e. The molecule has 3 rings (SSSR count). The van der Waals surface area contributed by atoms with Gasteiger partial charge >= 0.3 is 11.8 Å². The van der Waals surface area contributed by atoms with E-state index in [-0.39, 0.29) is 11.8 Å². The molecule has 0 unspecified atom stereocenters. The Bertz CT molecular complexity index is 857. The van der Waals surface area contributed by atoms with Crippen molar-refractivity contribution in [3.05, 3.63) is 60.0 Å². The van der Waals surface area contributed by atoms with Crippen molar-refractivity contribution >= 4 is 5.91 Å². The first-order chi connectivity index (χ1) is 12.7. The highest BCUT2D eigenvalue weighted by atomic mass is 16.5. The lowest BCUT2D eigenvalue weighted by atomic mass is 10.1. The molecule has 0 radical (unpaired) electrons. The summed E-state index contributed by atoms with van der Waals surface area (Å²) in [6, 6.07) is 14.8. The van der Waals surface area contributed by atoms with Gasteiger partial charge in [-0.25, -0.2) is 0 Å². The fraction of sp³-hybridized carbons (Fsp3) is 0.211.